The maximum atomic E-state index is 12.4. The molecular weight excluding hydrogens is 280 g/mol. The van der Waals surface area contributed by atoms with E-state index >= 15 is 0 Å². The first-order valence-electron chi connectivity index (χ1n) is 7.69. The third kappa shape index (κ3) is 2.22. The summed E-state index contributed by atoms with van der Waals surface area (Å²) in [6.07, 6.45) is 2.16. The number of furan rings is 1. The van der Waals surface area contributed by atoms with Crippen molar-refractivity contribution in [2.75, 3.05) is 6.54 Å². The Bertz CT molecular complexity index is 764. The van der Waals surface area contributed by atoms with Crippen LogP contribution in [-0.4, -0.2) is 30.3 Å². The van der Waals surface area contributed by atoms with Crippen molar-refractivity contribution in [3.05, 3.63) is 35.6 Å². The number of Topliss-reactive ketones (excluding diaryl/α,β-unsaturated/α-hetero) is 1. The van der Waals surface area contributed by atoms with Gasteiger partial charge in [0, 0.05) is 36.5 Å². The number of carbonyl (C=O) groups is 2. The first-order valence-corrected chi connectivity index (χ1v) is 7.69. The summed E-state index contributed by atoms with van der Waals surface area (Å²) in [5.74, 6) is 0.689. The molecule has 4 rings (SSSR count). The molecular formula is C17H18N2O3. The van der Waals surface area contributed by atoms with Crippen molar-refractivity contribution in [2.24, 2.45) is 5.92 Å². The van der Waals surface area contributed by atoms with Gasteiger partial charge in [-0.3, -0.25) is 9.59 Å². The predicted molar refractivity (Wildman–Crippen MR) is 82.0 cm³/mol. The van der Waals surface area contributed by atoms with E-state index in [1.165, 1.54) is 6.92 Å². The first-order chi connectivity index (χ1) is 10.6. The lowest BCUT2D eigenvalue weighted by Crippen LogP contribution is -2.44. The summed E-state index contributed by atoms with van der Waals surface area (Å²) in [6, 6.07) is 7.84. The van der Waals surface area contributed by atoms with Crippen LogP contribution in [0.3, 0.4) is 0 Å². The number of hydrogen-bond donors (Lipinski definition) is 2. The maximum Gasteiger partial charge on any atom is 0.251 e. The van der Waals surface area contributed by atoms with E-state index in [0.29, 0.717) is 28.9 Å². The number of carbonyl (C=O) groups excluding carboxylic acids is 2. The smallest absolute Gasteiger partial charge is 0.251 e. The van der Waals surface area contributed by atoms with Crippen LogP contribution in [0.15, 0.2) is 28.7 Å². The van der Waals surface area contributed by atoms with E-state index in [1.54, 1.807) is 18.2 Å². The van der Waals surface area contributed by atoms with Crippen LogP contribution >= 0.6 is 0 Å². The lowest BCUT2D eigenvalue weighted by atomic mass is 10.0. The normalized spacial score (nSPS) is 26.5. The van der Waals surface area contributed by atoms with Crippen molar-refractivity contribution in [3.63, 3.8) is 0 Å². The molecule has 114 valence electrons. The molecule has 2 heterocycles. The summed E-state index contributed by atoms with van der Waals surface area (Å²) in [7, 11) is 0. The highest BCUT2D eigenvalue weighted by Crippen LogP contribution is 2.31. The number of rotatable bonds is 3. The SMILES string of the molecule is CC(=O)c1cc2ccc(C(=O)NC3CC4CC3CN4)cc2o1. The van der Waals surface area contributed by atoms with Gasteiger partial charge in [0.1, 0.15) is 5.58 Å². The second-order valence-electron chi connectivity index (χ2n) is 6.34. The van der Waals surface area contributed by atoms with Crippen LogP contribution in [0.5, 0.6) is 0 Å². The van der Waals surface area contributed by atoms with Gasteiger partial charge in [-0.15, -0.1) is 0 Å². The molecule has 1 aromatic heterocycles. The Morgan fingerprint density at radius 2 is 2.14 bits per heavy atom. The van der Waals surface area contributed by atoms with Gasteiger partial charge in [-0.05, 0) is 37.0 Å². The standard InChI is InChI=1S/C17H18N2O3/c1-9(20)15-5-10-2-3-11(6-16(10)22-15)17(21)19-14-7-13-4-12(14)8-18-13/h2-3,5-6,12-14,18H,4,7-8H2,1H3,(H,19,21). The van der Waals surface area contributed by atoms with Crippen LogP contribution in [0.4, 0.5) is 0 Å². The summed E-state index contributed by atoms with van der Waals surface area (Å²) in [5.41, 5.74) is 1.15. The molecule has 2 fully saturated rings. The highest BCUT2D eigenvalue weighted by Gasteiger charge is 2.40. The average Bonchev–Trinajstić information content (AvgIpc) is 3.20. The molecule has 0 radical (unpaired) electrons. The van der Waals surface area contributed by atoms with Crippen LogP contribution in [0.2, 0.25) is 0 Å². The second kappa shape index (κ2) is 4.95. The Kier molecular flexibility index (Phi) is 3.04. The Morgan fingerprint density at radius 3 is 2.82 bits per heavy atom. The minimum absolute atomic E-state index is 0.0692. The number of ketones is 1. The van der Waals surface area contributed by atoms with Crippen molar-refractivity contribution in [2.45, 2.75) is 31.8 Å². The third-order valence-electron chi connectivity index (χ3n) is 4.81. The van der Waals surface area contributed by atoms with Crippen molar-refractivity contribution in [3.8, 4) is 0 Å². The second-order valence-corrected chi connectivity index (χ2v) is 6.34. The molecule has 1 aliphatic heterocycles. The average molecular weight is 298 g/mol. The Balaban J connectivity index is 1.55. The maximum absolute atomic E-state index is 12.4. The van der Waals surface area contributed by atoms with E-state index in [2.05, 4.69) is 10.6 Å². The lowest BCUT2D eigenvalue weighted by Gasteiger charge is -2.23. The number of hydrogen-bond acceptors (Lipinski definition) is 4. The van der Waals surface area contributed by atoms with E-state index in [0.717, 1.165) is 24.8 Å². The lowest BCUT2D eigenvalue weighted by molar-refractivity contribution is 0.0924. The van der Waals surface area contributed by atoms with Crippen LogP contribution in [0.1, 0.15) is 40.7 Å². The fourth-order valence-electron chi connectivity index (χ4n) is 3.61. The molecule has 2 aromatic rings. The zero-order valence-corrected chi connectivity index (χ0v) is 12.4. The van der Waals surface area contributed by atoms with E-state index in [9.17, 15) is 9.59 Å². The first kappa shape index (κ1) is 13.5. The van der Waals surface area contributed by atoms with Gasteiger partial charge < -0.3 is 15.1 Å². The molecule has 22 heavy (non-hydrogen) atoms. The summed E-state index contributed by atoms with van der Waals surface area (Å²) in [5, 5.41) is 7.41. The van der Waals surface area contributed by atoms with E-state index in [4.69, 9.17) is 4.42 Å². The summed E-state index contributed by atoms with van der Waals surface area (Å²) < 4.78 is 5.50. The van der Waals surface area contributed by atoms with Crippen molar-refractivity contribution in [1.29, 1.82) is 0 Å². The van der Waals surface area contributed by atoms with Gasteiger partial charge in [0.15, 0.2) is 11.5 Å². The molecule has 1 aliphatic carbocycles. The number of fused-ring (bicyclic) bond motifs is 3. The predicted octanol–water partition coefficient (Wildman–Crippen LogP) is 2.12. The van der Waals surface area contributed by atoms with Gasteiger partial charge in [-0.1, -0.05) is 6.07 Å². The quantitative estimate of drug-likeness (QED) is 0.851. The zero-order valence-electron chi connectivity index (χ0n) is 12.4. The topological polar surface area (TPSA) is 71.3 Å². The molecule has 3 unspecified atom stereocenters. The minimum Gasteiger partial charge on any atom is -0.453 e. The number of piperidine rings is 1. The molecule has 1 amide bonds. The van der Waals surface area contributed by atoms with Crippen LogP contribution < -0.4 is 10.6 Å². The molecule has 3 atom stereocenters. The van der Waals surface area contributed by atoms with E-state index in [1.807, 2.05) is 6.07 Å². The van der Waals surface area contributed by atoms with Gasteiger partial charge in [-0.25, -0.2) is 0 Å². The van der Waals surface area contributed by atoms with Crippen molar-refractivity contribution < 1.29 is 14.0 Å². The van der Waals surface area contributed by atoms with Gasteiger partial charge >= 0.3 is 0 Å². The Morgan fingerprint density at radius 1 is 1.27 bits per heavy atom. The Labute approximate surface area is 128 Å². The highest BCUT2D eigenvalue weighted by atomic mass is 16.3. The third-order valence-corrected chi connectivity index (χ3v) is 4.81. The summed E-state index contributed by atoms with van der Waals surface area (Å²) >= 11 is 0. The summed E-state index contributed by atoms with van der Waals surface area (Å²) in [6.45, 7) is 2.46. The van der Waals surface area contributed by atoms with Gasteiger partial charge in [-0.2, -0.15) is 0 Å². The molecule has 5 heteroatoms. The van der Waals surface area contributed by atoms with Crippen LogP contribution in [-0.2, 0) is 0 Å². The largest absolute Gasteiger partial charge is 0.453 e. The zero-order chi connectivity index (χ0) is 15.3. The highest BCUT2D eigenvalue weighted by molar-refractivity contribution is 6.00. The fourth-order valence-corrected chi connectivity index (χ4v) is 3.61. The van der Waals surface area contributed by atoms with Crippen LogP contribution in [0, 0.1) is 5.92 Å². The molecule has 1 saturated carbocycles. The fraction of sp³-hybridized carbons (Fsp3) is 0.412. The monoisotopic (exact) mass is 298 g/mol. The number of amides is 1. The number of nitrogens with one attached hydrogen (secondary N) is 2. The number of benzene rings is 1. The minimum atomic E-state index is -0.114. The molecule has 2 N–H and O–H groups in total. The van der Waals surface area contributed by atoms with Crippen molar-refractivity contribution >= 4 is 22.7 Å². The molecule has 0 spiro atoms. The molecule has 2 bridgehead atoms. The Hall–Kier alpha value is -2.14. The van der Waals surface area contributed by atoms with E-state index < -0.39 is 0 Å². The molecule has 1 saturated heterocycles. The van der Waals surface area contributed by atoms with Gasteiger partial charge in [0.05, 0.1) is 0 Å². The van der Waals surface area contributed by atoms with Crippen LogP contribution in [0.25, 0.3) is 11.0 Å². The molecule has 5 nitrogen and oxygen atoms in total. The van der Waals surface area contributed by atoms with E-state index in [-0.39, 0.29) is 17.7 Å². The van der Waals surface area contributed by atoms with Gasteiger partial charge in [0.25, 0.3) is 5.91 Å². The van der Waals surface area contributed by atoms with Crippen molar-refractivity contribution in [1.82, 2.24) is 10.6 Å². The molecule has 2 aliphatic rings. The summed E-state index contributed by atoms with van der Waals surface area (Å²) in [4.78, 5) is 23.8. The molecule has 1 aromatic carbocycles. The van der Waals surface area contributed by atoms with Gasteiger partial charge in [0.2, 0.25) is 0 Å².